The van der Waals surface area contributed by atoms with Crippen LogP contribution >= 0.6 is 34.8 Å². The molecule has 10 heteroatoms. The molecular formula is C17H11Cl3N4O3. The summed E-state index contributed by atoms with van der Waals surface area (Å²) in [4.78, 5) is 22.8. The minimum atomic E-state index is -0.597. The van der Waals surface area contributed by atoms with Gasteiger partial charge >= 0.3 is 0 Å². The first kappa shape index (κ1) is 19.2. The Kier molecular flexibility index (Phi) is 5.65. The van der Waals surface area contributed by atoms with Gasteiger partial charge in [-0.05, 0) is 23.8 Å². The van der Waals surface area contributed by atoms with Crippen molar-refractivity contribution >= 4 is 52.2 Å². The zero-order valence-electron chi connectivity index (χ0n) is 13.5. The van der Waals surface area contributed by atoms with E-state index in [4.69, 9.17) is 34.8 Å². The molecule has 7 nitrogen and oxygen atoms in total. The Morgan fingerprint density at radius 2 is 1.89 bits per heavy atom. The van der Waals surface area contributed by atoms with Crippen molar-refractivity contribution in [1.82, 2.24) is 9.78 Å². The lowest BCUT2D eigenvalue weighted by Crippen LogP contribution is -2.17. The number of hydrogen-bond donors (Lipinski definition) is 1. The van der Waals surface area contributed by atoms with Gasteiger partial charge in [0.05, 0.1) is 28.3 Å². The number of hydrogen-bond acceptors (Lipinski definition) is 4. The van der Waals surface area contributed by atoms with Crippen LogP contribution in [-0.2, 0) is 6.54 Å². The first-order chi connectivity index (χ1) is 12.8. The van der Waals surface area contributed by atoms with Crippen LogP contribution in [0.1, 0.15) is 15.9 Å². The average molecular weight is 426 g/mol. The largest absolute Gasteiger partial charge is 0.307 e. The molecule has 3 rings (SSSR count). The van der Waals surface area contributed by atoms with E-state index in [-0.39, 0.29) is 16.3 Å². The van der Waals surface area contributed by atoms with Crippen LogP contribution in [-0.4, -0.2) is 20.6 Å². The van der Waals surface area contributed by atoms with Gasteiger partial charge < -0.3 is 5.32 Å². The fourth-order valence-corrected chi connectivity index (χ4v) is 3.03. The summed E-state index contributed by atoms with van der Waals surface area (Å²) in [6, 6.07) is 10.3. The van der Waals surface area contributed by atoms with E-state index in [0.717, 1.165) is 11.6 Å². The second-order valence-corrected chi connectivity index (χ2v) is 6.74. The number of nitro benzene ring substituents is 1. The molecule has 0 aliphatic heterocycles. The highest BCUT2D eigenvalue weighted by Crippen LogP contribution is 2.25. The zero-order chi connectivity index (χ0) is 19.6. The van der Waals surface area contributed by atoms with Crippen LogP contribution in [0.25, 0.3) is 0 Å². The molecule has 0 spiro atoms. The molecule has 3 aromatic rings. The predicted molar refractivity (Wildman–Crippen MR) is 104 cm³/mol. The molecule has 0 aliphatic rings. The maximum absolute atomic E-state index is 12.5. The topological polar surface area (TPSA) is 90.1 Å². The number of aromatic nitrogens is 2. The summed E-state index contributed by atoms with van der Waals surface area (Å²) in [7, 11) is 0. The molecule has 1 amide bonds. The van der Waals surface area contributed by atoms with Crippen LogP contribution in [0.15, 0.2) is 48.7 Å². The molecule has 1 N–H and O–H groups in total. The maximum atomic E-state index is 12.5. The Hall–Kier alpha value is -2.61. The number of nitro groups is 1. The van der Waals surface area contributed by atoms with Crippen molar-refractivity contribution < 1.29 is 9.72 Å². The molecule has 0 fully saturated rings. The molecule has 0 aliphatic carbocycles. The van der Waals surface area contributed by atoms with Gasteiger partial charge in [0.2, 0.25) is 0 Å². The van der Waals surface area contributed by atoms with Crippen molar-refractivity contribution in [1.29, 1.82) is 0 Å². The van der Waals surface area contributed by atoms with Crippen LogP contribution in [0.5, 0.6) is 0 Å². The van der Waals surface area contributed by atoms with Gasteiger partial charge in [0.25, 0.3) is 11.6 Å². The van der Waals surface area contributed by atoms with Crippen LogP contribution in [0.4, 0.5) is 11.5 Å². The summed E-state index contributed by atoms with van der Waals surface area (Å²) in [5, 5.41) is 18.8. The molecule has 2 aromatic carbocycles. The number of rotatable bonds is 5. The number of amides is 1. The van der Waals surface area contributed by atoms with E-state index in [1.165, 1.54) is 23.0 Å². The summed E-state index contributed by atoms with van der Waals surface area (Å²) >= 11 is 18.1. The van der Waals surface area contributed by atoms with Crippen molar-refractivity contribution in [3.8, 4) is 0 Å². The van der Waals surface area contributed by atoms with E-state index in [1.807, 2.05) is 0 Å². The van der Waals surface area contributed by atoms with E-state index in [1.54, 1.807) is 24.3 Å². The molecule has 0 atom stereocenters. The lowest BCUT2D eigenvalue weighted by molar-refractivity contribution is -0.384. The quantitative estimate of drug-likeness (QED) is 0.457. The maximum Gasteiger partial charge on any atom is 0.270 e. The highest BCUT2D eigenvalue weighted by Gasteiger charge is 2.17. The number of non-ortho nitro benzene ring substituents is 1. The first-order valence-electron chi connectivity index (χ1n) is 7.56. The molecule has 0 unspecified atom stereocenters. The van der Waals surface area contributed by atoms with Crippen LogP contribution < -0.4 is 5.32 Å². The number of halogens is 3. The van der Waals surface area contributed by atoms with Crippen molar-refractivity contribution in [2.75, 3.05) is 5.32 Å². The third kappa shape index (κ3) is 4.39. The molecule has 0 bridgehead atoms. The van der Waals surface area contributed by atoms with E-state index in [9.17, 15) is 14.9 Å². The SMILES string of the molecule is O=C(Nc1ccnn1Cc1ccc(Cl)cc1Cl)c1cc([N+](=O)[O-])ccc1Cl. The van der Waals surface area contributed by atoms with Crippen molar-refractivity contribution in [2.24, 2.45) is 0 Å². The Labute approximate surface area is 168 Å². The smallest absolute Gasteiger partial charge is 0.270 e. The van der Waals surface area contributed by atoms with E-state index < -0.39 is 10.8 Å². The molecule has 138 valence electrons. The molecule has 1 heterocycles. The fraction of sp³-hybridized carbons (Fsp3) is 0.0588. The lowest BCUT2D eigenvalue weighted by Gasteiger charge is -2.11. The van der Waals surface area contributed by atoms with E-state index in [0.29, 0.717) is 22.4 Å². The fourth-order valence-electron chi connectivity index (χ4n) is 2.36. The van der Waals surface area contributed by atoms with Gasteiger partial charge in [0.15, 0.2) is 0 Å². The molecular weight excluding hydrogens is 415 g/mol. The number of nitrogens with one attached hydrogen (secondary N) is 1. The van der Waals surface area contributed by atoms with E-state index in [2.05, 4.69) is 10.4 Å². The van der Waals surface area contributed by atoms with Crippen LogP contribution in [0.2, 0.25) is 15.1 Å². The predicted octanol–water partition coefficient (Wildman–Crippen LogP) is 5.05. The summed E-state index contributed by atoms with van der Waals surface area (Å²) in [6.45, 7) is 0.293. The van der Waals surface area contributed by atoms with Crippen LogP contribution in [0, 0.1) is 10.1 Å². The van der Waals surface area contributed by atoms with Gasteiger partial charge in [-0.3, -0.25) is 14.9 Å². The van der Waals surface area contributed by atoms with Crippen molar-refractivity contribution in [3.63, 3.8) is 0 Å². The number of carbonyl (C=O) groups excluding carboxylic acids is 1. The van der Waals surface area contributed by atoms with Gasteiger partial charge in [0, 0.05) is 28.2 Å². The van der Waals surface area contributed by atoms with Crippen molar-refractivity contribution in [2.45, 2.75) is 6.54 Å². The van der Waals surface area contributed by atoms with Gasteiger partial charge in [0.1, 0.15) is 5.82 Å². The Morgan fingerprint density at radius 3 is 2.59 bits per heavy atom. The highest BCUT2D eigenvalue weighted by atomic mass is 35.5. The molecule has 0 saturated heterocycles. The third-order valence-electron chi connectivity index (χ3n) is 3.70. The van der Waals surface area contributed by atoms with Crippen molar-refractivity contribution in [3.05, 3.63) is 85.0 Å². The monoisotopic (exact) mass is 424 g/mol. The lowest BCUT2D eigenvalue weighted by atomic mass is 10.2. The normalized spacial score (nSPS) is 10.6. The minimum Gasteiger partial charge on any atom is -0.307 e. The second-order valence-electron chi connectivity index (χ2n) is 5.49. The number of carbonyl (C=O) groups is 1. The van der Waals surface area contributed by atoms with Gasteiger partial charge in [-0.2, -0.15) is 5.10 Å². The zero-order valence-corrected chi connectivity index (χ0v) is 15.8. The molecule has 27 heavy (non-hydrogen) atoms. The highest BCUT2D eigenvalue weighted by molar-refractivity contribution is 6.35. The standard InChI is InChI=1S/C17H11Cl3N4O3/c18-11-2-1-10(15(20)7-11)9-23-16(5-6-21-23)22-17(25)13-8-12(24(26)27)3-4-14(13)19/h1-8H,9H2,(H,22,25). The summed E-state index contributed by atoms with van der Waals surface area (Å²) in [5.74, 6) is -0.207. The Bertz CT molecular complexity index is 1040. The second kappa shape index (κ2) is 7.96. The summed E-state index contributed by atoms with van der Waals surface area (Å²) in [5.41, 5.74) is 0.516. The van der Waals surface area contributed by atoms with Gasteiger partial charge in [-0.1, -0.05) is 40.9 Å². The number of anilines is 1. The molecule has 0 saturated carbocycles. The number of nitrogens with zero attached hydrogens (tertiary/aromatic N) is 3. The minimum absolute atomic E-state index is 0.0110. The summed E-state index contributed by atoms with van der Waals surface area (Å²) in [6.07, 6.45) is 1.51. The third-order valence-corrected chi connectivity index (χ3v) is 4.62. The van der Waals surface area contributed by atoms with Gasteiger partial charge in [-0.25, -0.2) is 4.68 Å². The van der Waals surface area contributed by atoms with Gasteiger partial charge in [-0.15, -0.1) is 0 Å². The molecule has 1 aromatic heterocycles. The Balaban J connectivity index is 1.83. The average Bonchev–Trinajstić information content (AvgIpc) is 3.04. The number of benzene rings is 2. The van der Waals surface area contributed by atoms with Crippen LogP contribution in [0.3, 0.4) is 0 Å². The van der Waals surface area contributed by atoms with E-state index >= 15 is 0 Å². The molecule has 0 radical (unpaired) electrons. The Morgan fingerprint density at radius 1 is 1.11 bits per heavy atom. The summed E-state index contributed by atoms with van der Waals surface area (Å²) < 4.78 is 1.53. The first-order valence-corrected chi connectivity index (χ1v) is 8.69.